The van der Waals surface area contributed by atoms with Crippen LogP contribution in [0.3, 0.4) is 0 Å². The molecule has 0 spiro atoms. The number of halogens is 3. The molecule has 0 saturated carbocycles. The maximum absolute atomic E-state index is 13.8. The standard InChI is InChI=1S/C24H20Br2FN3O4/c1-2-33-21-11-16(10-18(26)22(21)34-14-15-6-4-3-5-7-15)13-28-30-24(32)23(31)29-20-9-8-17(25)12-19(20)27/h3-13H,2,14H2,1H3,(H,29,31)(H,30,32). The highest BCUT2D eigenvalue weighted by molar-refractivity contribution is 9.10. The summed E-state index contributed by atoms with van der Waals surface area (Å²) < 4.78 is 26.6. The van der Waals surface area contributed by atoms with Crippen molar-refractivity contribution in [3.8, 4) is 11.5 Å². The van der Waals surface area contributed by atoms with Crippen molar-refractivity contribution >= 4 is 55.6 Å². The van der Waals surface area contributed by atoms with E-state index in [1.165, 1.54) is 24.4 Å². The molecule has 0 fully saturated rings. The van der Waals surface area contributed by atoms with Crippen LogP contribution in [0.1, 0.15) is 18.1 Å². The number of nitrogens with zero attached hydrogens (tertiary/aromatic N) is 1. The van der Waals surface area contributed by atoms with Crippen molar-refractivity contribution in [2.75, 3.05) is 11.9 Å². The molecule has 176 valence electrons. The molecule has 0 heterocycles. The average Bonchev–Trinajstić information content (AvgIpc) is 2.81. The summed E-state index contributed by atoms with van der Waals surface area (Å²) in [5.74, 6) is -1.77. The summed E-state index contributed by atoms with van der Waals surface area (Å²) in [6, 6.07) is 17.2. The lowest BCUT2D eigenvalue weighted by atomic mass is 10.2. The van der Waals surface area contributed by atoms with E-state index in [-0.39, 0.29) is 5.69 Å². The molecule has 0 aliphatic rings. The second kappa shape index (κ2) is 12.3. The average molecular weight is 593 g/mol. The topological polar surface area (TPSA) is 89.0 Å². The highest BCUT2D eigenvalue weighted by Crippen LogP contribution is 2.37. The van der Waals surface area contributed by atoms with Crippen LogP contribution < -0.4 is 20.2 Å². The zero-order valence-electron chi connectivity index (χ0n) is 18.0. The van der Waals surface area contributed by atoms with Crippen LogP contribution in [0, 0.1) is 5.82 Å². The Labute approximate surface area is 212 Å². The molecule has 3 rings (SSSR count). The van der Waals surface area contributed by atoms with Crippen LogP contribution in [0.25, 0.3) is 0 Å². The first-order chi connectivity index (χ1) is 16.4. The smallest absolute Gasteiger partial charge is 0.329 e. The van der Waals surface area contributed by atoms with Gasteiger partial charge in [-0.15, -0.1) is 0 Å². The van der Waals surface area contributed by atoms with Crippen molar-refractivity contribution in [1.82, 2.24) is 5.43 Å². The summed E-state index contributed by atoms with van der Waals surface area (Å²) in [5.41, 5.74) is 3.58. The lowest BCUT2D eigenvalue weighted by Crippen LogP contribution is -2.32. The number of carbonyl (C=O) groups excluding carboxylic acids is 2. The van der Waals surface area contributed by atoms with Crippen molar-refractivity contribution in [3.63, 3.8) is 0 Å². The number of nitrogens with one attached hydrogen (secondary N) is 2. The third kappa shape index (κ3) is 7.13. The summed E-state index contributed by atoms with van der Waals surface area (Å²) in [7, 11) is 0. The van der Waals surface area contributed by atoms with Gasteiger partial charge in [0.25, 0.3) is 0 Å². The molecule has 3 aromatic carbocycles. The van der Waals surface area contributed by atoms with Gasteiger partial charge in [-0.2, -0.15) is 5.10 Å². The normalized spacial score (nSPS) is 10.7. The fraction of sp³-hybridized carbons (Fsp3) is 0.125. The first-order valence-electron chi connectivity index (χ1n) is 10.1. The van der Waals surface area contributed by atoms with Crippen LogP contribution in [0.4, 0.5) is 10.1 Å². The highest BCUT2D eigenvalue weighted by Gasteiger charge is 2.16. The number of hydrazone groups is 1. The molecular formula is C24H20Br2FN3O4. The minimum atomic E-state index is -1.06. The molecule has 0 aromatic heterocycles. The molecule has 0 saturated heterocycles. The van der Waals surface area contributed by atoms with Crippen LogP contribution in [0.15, 0.2) is 74.7 Å². The lowest BCUT2D eigenvalue weighted by Gasteiger charge is -2.14. The largest absolute Gasteiger partial charge is 0.490 e. The van der Waals surface area contributed by atoms with Gasteiger partial charge in [-0.3, -0.25) is 9.59 Å². The monoisotopic (exact) mass is 591 g/mol. The van der Waals surface area contributed by atoms with Crippen molar-refractivity contribution in [2.24, 2.45) is 5.10 Å². The molecule has 0 radical (unpaired) electrons. The maximum Gasteiger partial charge on any atom is 0.329 e. The predicted octanol–water partition coefficient (Wildman–Crippen LogP) is 5.42. The Morgan fingerprint density at radius 2 is 1.79 bits per heavy atom. The molecule has 2 N–H and O–H groups in total. The SMILES string of the molecule is CCOc1cc(C=NNC(=O)C(=O)Nc2ccc(Br)cc2F)cc(Br)c1OCc1ccccc1. The second-order valence-corrected chi connectivity index (χ2v) is 8.58. The first-order valence-corrected chi connectivity index (χ1v) is 11.7. The van der Waals surface area contributed by atoms with E-state index in [9.17, 15) is 14.0 Å². The second-order valence-electron chi connectivity index (χ2n) is 6.81. The maximum atomic E-state index is 13.8. The number of benzene rings is 3. The molecule has 3 aromatic rings. The number of carbonyl (C=O) groups is 2. The zero-order valence-corrected chi connectivity index (χ0v) is 21.2. The molecule has 0 bridgehead atoms. The van der Waals surface area contributed by atoms with Gasteiger partial charge in [-0.25, -0.2) is 9.82 Å². The molecule has 0 aliphatic carbocycles. The minimum absolute atomic E-state index is 0.122. The minimum Gasteiger partial charge on any atom is -0.490 e. The van der Waals surface area contributed by atoms with E-state index in [1.54, 1.807) is 12.1 Å². The van der Waals surface area contributed by atoms with E-state index in [1.807, 2.05) is 37.3 Å². The quantitative estimate of drug-likeness (QED) is 0.208. The number of ether oxygens (including phenoxy) is 2. The summed E-state index contributed by atoms with van der Waals surface area (Å²) in [6.45, 7) is 2.62. The molecule has 0 atom stereocenters. The molecule has 0 aliphatic heterocycles. The van der Waals surface area contributed by atoms with Gasteiger partial charge in [0, 0.05) is 4.47 Å². The fourth-order valence-electron chi connectivity index (χ4n) is 2.78. The Bertz CT molecular complexity index is 1210. The van der Waals surface area contributed by atoms with Crippen LogP contribution in [0.2, 0.25) is 0 Å². The van der Waals surface area contributed by atoms with E-state index in [4.69, 9.17) is 9.47 Å². The van der Waals surface area contributed by atoms with Gasteiger partial charge in [0.1, 0.15) is 12.4 Å². The third-order valence-electron chi connectivity index (χ3n) is 4.32. The number of amides is 2. The molecular weight excluding hydrogens is 573 g/mol. The Hall–Kier alpha value is -3.24. The fourth-order valence-corrected chi connectivity index (χ4v) is 3.69. The van der Waals surface area contributed by atoms with E-state index in [2.05, 4.69) is 47.7 Å². The predicted molar refractivity (Wildman–Crippen MR) is 135 cm³/mol. The van der Waals surface area contributed by atoms with E-state index in [0.717, 1.165) is 5.56 Å². The molecule has 7 nitrogen and oxygen atoms in total. The van der Waals surface area contributed by atoms with Gasteiger partial charge >= 0.3 is 11.8 Å². The van der Waals surface area contributed by atoms with Crippen molar-refractivity contribution in [1.29, 1.82) is 0 Å². The Morgan fingerprint density at radius 1 is 1.03 bits per heavy atom. The lowest BCUT2D eigenvalue weighted by molar-refractivity contribution is -0.136. The number of rotatable bonds is 8. The van der Waals surface area contributed by atoms with Gasteiger partial charge in [0.05, 0.1) is 23.0 Å². The van der Waals surface area contributed by atoms with Crippen LogP contribution in [-0.4, -0.2) is 24.6 Å². The van der Waals surface area contributed by atoms with Crippen LogP contribution >= 0.6 is 31.9 Å². The van der Waals surface area contributed by atoms with Crippen molar-refractivity contribution < 1.29 is 23.5 Å². The Kier molecular flexibility index (Phi) is 9.17. The van der Waals surface area contributed by atoms with E-state index < -0.39 is 17.6 Å². The van der Waals surface area contributed by atoms with Gasteiger partial charge < -0.3 is 14.8 Å². The summed E-state index contributed by atoms with van der Waals surface area (Å²) >= 11 is 6.60. The third-order valence-corrected chi connectivity index (χ3v) is 5.41. The zero-order chi connectivity index (χ0) is 24.5. The van der Waals surface area contributed by atoms with Gasteiger partial charge in [0.2, 0.25) is 0 Å². The van der Waals surface area contributed by atoms with E-state index >= 15 is 0 Å². The summed E-state index contributed by atoms with van der Waals surface area (Å²) in [4.78, 5) is 24.0. The van der Waals surface area contributed by atoms with Crippen molar-refractivity contribution in [3.05, 3.63) is 86.6 Å². The molecule has 34 heavy (non-hydrogen) atoms. The molecule has 10 heteroatoms. The van der Waals surface area contributed by atoms with Gasteiger partial charge in [0.15, 0.2) is 11.5 Å². The van der Waals surface area contributed by atoms with Crippen LogP contribution in [0.5, 0.6) is 11.5 Å². The Balaban J connectivity index is 1.65. The highest BCUT2D eigenvalue weighted by atomic mass is 79.9. The first kappa shape index (κ1) is 25.4. The molecule has 0 unspecified atom stereocenters. The van der Waals surface area contributed by atoms with Gasteiger partial charge in [-0.05, 0) is 64.3 Å². The number of anilines is 1. The van der Waals surface area contributed by atoms with Crippen molar-refractivity contribution in [2.45, 2.75) is 13.5 Å². The van der Waals surface area contributed by atoms with Gasteiger partial charge in [-0.1, -0.05) is 46.3 Å². The van der Waals surface area contributed by atoms with E-state index in [0.29, 0.717) is 39.2 Å². The van der Waals surface area contributed by atoms with Crippen LogP contribution in [-0.2, 0) is 16.2 Å². The summed E-state index contributed by atoms with van der Waals surface area (Å²) in [5, 5.41) is 5.99. The number of hydrogen-bond acceptors (Lipinski definition) is 5. The Morgan fingerprint density at radius 3 is 2.50 bits per heavy atom. The number of hydrogen-bond donors (Lipinski definition) is 2. The summed E-state index contributed by atoms with van der Waals surface area (Å²) in [6.07, 6.45) is 1.35. The molecule has 2 amide bonds.